The molecule has 2 atom stereocenters. The minimum atomic E-state index is -0.967. The summed E-state index contributed by atoms with van der Waals surface area (Å²) in [5, 5.41) is 6.16. The molecule has 2 rings (SSSR count). The highest BCUT2D eigenvalue weighted by molar-refractivity contribution is 7.98. The van der Waals surface area contributed by atoms with Crippen LogP contribution in [0.3, 0.4) is 0 Å². The lowest BCUT2D eigenvalue weighted by atomic mass is 9.95. The number of thioether (sulfide) groups is 1. The fraction of sp³-hybridized carbons (Fsp3) is 0.500. The molecular formula is C30H42ClN3O4S. The molecule has 9 heteroatoms. The first-order valence-corrected chi connectivity index (χ1v) is 14.9. The topological polar surface area (TPSA) is 87.7 Å². The summed E-state index contributed by atoms with van der Waals surface area (Å²) >= 11 is 8.02. The predicted molar refractivity (Wildman–Crippen MR) is 162 cm³/mol. The number of halogens is 1. The molecule has 214 valence electrons. The number of benzene rings is 2. The normalized spacial score (nSPS) is 13.0. The number of ether oxygens (including phenoxy) is 1. The van der Waals surface area contributed by atoms with Crippen LogP contribution in [-0.2, 0) is 14.3 Å². The highest BCUT2D eigenvalue weighted by Gasteiger charge is 2.38. The number of aryl methyl sites for hydroxylation is 3. The Balaban J connectivity index is 2.60. The molecule has 2 aromatic carbocycles. The van der Waals surface area contributed by atoms with E-state index in [2.05, 4.69) is 10.6 Å². The molecular weight excluding hydrogens is 534 g/mol. The number of carbonyl (C=O) groups is 3. The number of rotatable bonds is 10. The Hall–Kier alpha value is -2.71. The second-order valence-corrected chi connectivity index (χ2v) is 12.4. The van der Waals surface area contributed by atoms with Crippen molar-refractivity contribution >= 4 is 47.0 Å². The maximum atomic E-state index is 14.2. The van der Waals surface area contributed by atoms with Crippen LogP contribution in [0, 0.1) is 20.8 Å². The van der Waals surface area contributed by atoms with Crippen LogP contribution in [0.1, 0.15) is 69.3 Å². The third kappa shape index (κ3) is 9.17. The molecule has 0 radical (unpaired) electrons. The van der Waals surface area contributed by atoms with Gasteiger partial charge in [0.25, 0.3) is 5.91 Å². The second-order valence-electron chi connectivity index (χ2n) is 11.0. The van der Waals surface area contributed by atoms with Gasteiger partial charge in [-0.1, -0.05) is 47.5 Å². The molecule has 0 aliphatic rings. The molecule has 2 N–H and O–H groups in total. The molecule has 0 spiro atoms. The van der Waals surface area contributed by atoms with Gasteiger partial charge in [-0.2, -0.15) is 11.8 Å². The van der Waals surface area contributed by atoms with E-state index >= 15 is 0 Å². The Bertz CT molecular complexity index is 1160. The molecule has 0 fully saturated rings. The molecule has 2 unspecified atom stereocenters. The largest absolute Gasteiger partial charge is 0.444 e. The standard InChI is InChI=1S/C30H42ClN3O4S/c1-18(2)34(28(36)24(15-16-39-9)32-29(37)38-30(6,7)8)26(22-17-19(3)13-14-20(22)4)27(35)33-25-21(5)11-10-12-23(25)31/h10-14,17-18,24,26H,15-16H2,1-9H3,(H,32,37)(H,33,35). The summed E-state index contributed by atoms with van der Waals surface area (Å²) in [7, 11) is 0. The van der Waals surface area contributed by atoms with Crippen LogP contribution in [0.2, 0.25) is 5.02 Å². The Kier molecular flexibility index (Phi) is 11.7. The third-order valence-electron chi connectivity index (χ3n) is 6.14. The van der Waals surface area contributed by atoms with Gasteiger partial charge in [-0.3, -0.25) is 9.59 Å². The van der Waals surface area contributed by atoms with E-state index in [1.54, 1.807) is 43.5 Å². The smallest absolute Gasteiger partial charge is 0.408 e. The van der Waals surface area contributed by atoms with Gasteiger partial charge in [-0.05, 0) is 96.6 Å². The van der Waals surface area contributed by atoms with Crippen molar-refractivity contribution < 1.29 is 19.1 Å². The highest BCUT2D eigenvalue weighted by atomic mass is 35.5. The third-order valence-corrected chi connectivity index (χ3v) is 7.10. The van der Waals surface area contributed by atoms with Crippen LogP contribution < -0.4 is 10.6 Å². The van der Waals surface area contributed by atoms with E-state index in [4.69, 9.17) is 16.3 Å². The van der Waals surface area contributed by atoms with Gasteiger partial charge in [0, 0.05) is 6.04 Å². The lowest BCUT2D eigenvalue weighted by Crippen LogP contribution is -2.54. The summed E-state index contributed by atoms with van der Waals surface area (Å²) in [5.41, 5.74) is 3.13. The van der Waals surface area contributed by atoms with Crippen molar-refractivity contribution in [1.29, 1.82) is 0 Å². The van der Waals surface area contributed by atoms with Crippen LogP contribution in [0.15, 0.2) is 36.4 Å². The number of hydrogen-bond acceptors (Lipinski definition) is 5. The zero-order chi connectivity index (χ0) is 29.5. The maximum absolute atomic E-state index is 14.2. The first kappa shape index (κ1) is 32.5. The van der Waals surface area contributed by atoms with Gasteiger partial charge >= 0.3 is 6.09 Å². The van der Waals surface area contributed by atoms with Crippen LogP contribution >= 0.6 is 23.4 Å². The number of nitrogens with zero attached hydrogens (tertiary/aromatic N) is 1. The summed E-state index contributed by atoms with van der Waals surface area (Å²) in [4.78, 5) is 42.6. The summed E-state index contributed by atoms with van der Waals surface area (Å²) < 4.78 is 5.45. The average Bonchev–Trinajstić information content (AvgIpc) is 2.82. The Morgan fingerprint density at radius 2 is 1.72 bits per heavy atom. The van der Waals surface area contributed by atoms with E-state index in [9.17, 15) is 14.4 Å². The quantitative estimate of drug-likeness (QED) is 0.324. The Morgan fingerprint density at radius 1 is 1.05 bits per heavy atom. The van der Waals surface area contributed by atoms with Crippen LogP contribution in [0.4, 0.5) is 10.5 Å². The number of hydrogen-bond donors (Lipinski definition) is 2. The first-order chi connectivity index (χ1) is 18.2. The minimum absolute atomic E-state index is 0.359. The van der Waals surface area contributed by atoms with E-state index in [0.717, 1.165) is 16.7 Å². The number of carbonyl (C=O) groups excluding carboxylic acids is 3. The maximum Gasteiger partial charge on any atom is 0.408 e. The minimum Gasteiger partial charge on any atom is -0.444 e. The molecule has 0 aliphatic heterocycles. The summed E-state index contributed by atoms with van der Waals surface area (Å²) in [6.07, 6.45) is 1.64. The monoisotopic (exact) mass is 575 g/mol. The number of para-hydroxylation sites is 1. The average molecular weight is 576 g/mol. The molecule has 3 amide bonds. The number of anilines is 1. The molecule has 0 saturated heterocycles. The van der Waals surface area contributed by atoms with Crippen molar-refractivity contribution in [3.63, 3.8) is 0 Å². The Labute approximate surface area is 242 Å². The van der Waals surface area contributed by atoms with Crippen molar-refractivity contribution in [2.45, 2.75) is 85.5 Å². The van der Waals surface area contributed by atoms with Crippen molar-refractivity contribution in [2.75, 3.05) is 17.3 Å². The fourth-order valence-corrected chi connectivity index (χ4v) is 5.00. The molecule has 0 bridgehead atoms. The first-order valence-electron chi connectivity index (χ1n) is 13.1. The zero-order valence-electron chi connectivity index (χ0n) is 24.5. The lowest BCUT2D eigenvalue weighted by molar-refractivity contribution is -0.143. The number of nitrogens with one attached hydrogen (secondary N) is 2. The van der Waals surface area contributed by atoms with Crippen molar-refractivity contribution in [1.82, 2.24) is 10.2 Å². The molecule has 2 aromatic rings. The SMILES string of the molecule is CSCCC(NC(=O)OC(C)(C)C)C(=O)N(C(C)C)C(C(=O)Nc1c(C)cccc1Cl)c1cc(C)ccc1C. The predicted octanol–water partition coefficient (Wildman–Crippen LogP) is 6.83. The van der Waals surface area contributed by atoms with Crippen molar-refractivity contribution in [2.24, 2.45) is 0 Å². The van der Waals surface area contributed by atoms with Crippen LogP contribution in [0.5, 0.6) is 0 Å². The fourth-order valence-electron chi connectivity index (χ4n) is 4.26. The van der Waals surface area contributed by atoms with Gasteiger partial charge in [0.15, 0.2) is 0 Å². The van der Waals surface area contributed by atoms with Gasteiger partial charge in [0.05, 0.1) is 10.7 Å². The summed E-state index contributed by atoms with van der Waals surface area (Å²) in [6, 6.07) is 9.03. The van der Waals surface area contributed by atoms with Crippen molar-refractivity contribution in [3.8, 4) is 0 Å². The Morgan fingerprint density at radius 3 is 2.28 bits per heavy atom. The van der Waals surface area contributed by atoms with Gasteiger partial charge in [-0.15, -0.1) is 0 Å². The van der Waals surface area contributed by atoms with Gasteiger partial charge in [0.2, 0.25) is 5.91 Å². The van der Waals surface area contributed by atoms with E-state index in [1.807, 2.05) is 71.2 Å². The lowest BCUT2D eigenvalue weighted by Gasteiger charge is -2.38. The molecule has 0 aliphatic carbocycles. The molecule has 7 nitrogen and oxygen atoms in total. The molecule has 0 aromatic heterocycles. The van der Waals surface area contributed by atoms with E-state index in [1.165, 1.54) is 0 Å². The number of amides is 3. The van der Waals surface area contributed by atoms with Crippen LogP contribution in [0.25, 0.3) is 0 Å². The van der Waals surface area contributed by atoms with Gasteiger partial charge in [0.1, 0.15) is 17.7 Å². The highest BCUT2D eigenvalue weighted by Crippen LogP contribution is 2.32. The molecule has 39 heavy (non-hydrogen) atoms. The molecule has 0 heterocycles. The summed E-state index contributed by atoms with van der Waals surface area (Å²) in [6.45, 7) is 14.8. The second kappa shape index (κ2) is 14.1. The zero-order valence-corrected chi connectivity index (χ0v) is 26.0. The van der Waals surface area contributed by atoms with E-state index in [-0.39, 0.29) is 17.9 Å². The summed E-state index contributed by atoms with van der Waals surface area (Å²) in [5.74, 6) is -0.109. The van der Waals surface area contributed by atoms with Crippen molar-refractivity contribution in [3.05, 3.63) is 63.7 Å². The van der Waals surface area contributed by atoms with Gasteiger partial charge in [-0.25, -0.2) is 4.79 Å². The van der Waals surface area contributed by atoms with E-state index < -0.39 is 23.8 Å². The van der Waals surface area contributed by atoms with E-state index in [0.29, 0.717) is 28.4 Å². The van der Waals surface area contributed by atoms with Gasteiger partial charge < -0.3 is 20.3 Å². The van der Waals surface area contributed by atoms with Crippen LogP contribution in [-0.4, -0.2) is 52.5 Å². The molecule has 0 saturated carbocycles. The number of alkyl carbamates (subject to hydrolysis) is 1.